The molecule has 0 spiro atoms. The smallest absolute Gasteiger partial charge is 0.250 e. The molecule has 0 aliphatic carbocycles. The predicted octanol–water partition coefficient (Wildman–Crippen LogP) is 5.49. The molecule has 128 valence electrons. The van der Waals surface area contributed by atoms with Crippen molar-refractivity contribution in [2.75, 3.05) is 0 Å². The minimum absolute atomic E-state index is 0.113. The summed E-state index contributed by atoms with van der Waals surface area (Å²) in [6.07, 6.45) is 0. The molecule has 24 heavy (non-hydrogen) atoms. The molecule has 2 rings (SSSR count). The predicted molar refractivity (Wildman–Crippen MR) is 103 cm³/mol. The van der Waals surface area contributed by atoms with E-state index in [1.165, 1.54) is 0 Å². The van der Waals surface area contributed by atoms with E-state index in [1.807, 2.05) is 30.3 Å². The van der Waals surface area contributed by atoms with Crippen LogP contribution in [-0.2, 0) is 0 Å². The Bertz CT molecular complexity index is 766. The van der Waals surface area contributed by atoms with Crippen molar-refractivity contribution in [1.29, 1.82) is 0 Å². The van der Waals surface area contributed by atoms with Gasteiger partial charge >= 0.3 is 0 Å². The number of rotatable bonds is 4. The summed E-state index contributed by atoms with van der Waals surface area (Å²) in [6, 6.07) is 12.9. The second-order valence-electron chi connectivity index (χ2n) is 7.44. The first kappa shape index (κ1) is 18.6. The first-order valence-corrected chi connectivity index (χ1v) is 11.2. The standard InChI is InChI=1S/C19H24ClNO2Si/c1-19(2,3)24(4,5)23-15-8-6-7-13(11-15)16-10-9-14(20)12-17(16)18(21)22/h6-12H,1-5H3,(H2,21,22). The maximum absolute atomic E-state index is 11.7. The summed E-state index contributed by atoms with van der Waals surface area (Å²) in [5, 5.41) is 0.600. The van der Waals surface area contributed by atoms with E-state index < -0.39 is 14.2 Å². The summed E-state index contributed by atoms with van der Waals surface area (Å²) in [4.78, 5) is 11.7. The van der Waals surface area contributed by atoms with Gasteiger partial charge < -0.3 is 10.2 Å². The Morgan fingerprint density at radius 2 is 1.79 bits per heavy atom. The molecule has 2 aromatic carbocycles. The van der Waals surface area contributed by atoms with Crippen LogP contribution in [0.3, 0.4) is 0 Å². The number of halogens is 1. The van der Waals surface area contributed by atoms with Crippen LogP contribution in [0, 0.1) is 0 Å². The van der Waals surface area contributed by atoms with Crippen molar-refractivity contribution in [2.24, 2.45) is 5.73 Å². The molecular formula is C19H24ClNO2Si. The Balaban J connectivity index is 2.44. The van der Waals surface area contributed by atoms with Gasteiger partial charge in [0.2, 0.25) is 14.2 Å². The van der Waals surface area contributed by atoms with Crippen molar-refractivity contribution in [3.05, 3.63) is 53.1 Å². The quantitative estimate of drug-likeness (QED) is 0.732. The highest BCUT2D eigenvalue weighted by Gasteiger charge is 2.38. The number of nitrogens with two attached hydrogens (primary N) is 1. The largest absolute Gasteiger partial charge is 0.543 e. The fraction of sp³-hybridized carbons (Fsp3) is 0.316. The zero-order chi connectivity index (χ0) is 18.1. The third-order valence-corrected chi connectivity index (χ3v) is 9.16. The van der Waals surface area contributed by atoms with Gasteiger partial charge in [-0.05, 0) is 53.5 Å². The van der Waals surface area contributed by atoms with Crippen LogP contribution in [0.5, 0.6) is 5.75 Å². The van der Waals surface area contributed by atoms with E-state index in [0.717, 1.165) is 16.9 Å². The Kier molecular flexibility index (Phi) is 5.11. The summed E-state index contributed by atoms with van der Waals surface area (Å²) in [7, 11) is -1.93. The minimum Gasteiger partial charge on any atom is -0.543 e. The summed E-state index contributed by atoms with van der Waals surface area (Å²) in [5.41, 5.74) is 7.55. The molecule has 0 radical (unpaired) electrons. The molecule has 0 unspecified atom stereocenters. The lowest BCUT2D eigenvalue weighted by atomic mass is 9.99. The molecule has 0 saturated carbocycles. The van der Waals surface area contributed by atoms with Crippen molar-refractivity contribution in [2.45, 2.75) is 38.9 Å². The van der Waals surface area contributed by atoms with Crippen LogP contribution < -0.4 is 10.2 Å². The van der Waals surface area contributed by atoms with E-state index >= 15 is 0 Å². The summed E-state index contributed by atoms with van der Waals surface area (Å²) < 4.78 is 6.35. The van der Waals surface area contributed by atoms with E-state index in [9.17, 15) is 4.79 Å². The molecule has 0 aliphatic rings. The van der Waals surface area contributed by atoms with Gasteiger partial charge in [0.1, 0.15) is 5.75 Å². The number of carbonyl (C=O) groups is 1. The molecule has 3 nitrogen and oxygen atoms in total. The van der Waals surface area contributed by atoms with Gasteiger partial charge in [-0.2, -0.15) is 0 Å². The van der Waals surface area contributed by atoms with Crippen LogP contribution >= 0.6 is 11.6 Å². The van der Waals surface area contributed by atoms with Crippen LogP contribution in [0.25, 0.3) is 11.1 Å². The lowest BCUT2D eigenvalue weighted by Crippen LogP contribution is -2.43. The van der Waals surface area contributed by atoms with Gasteiger partial charge in [-0.1, -0.05) is 50.6 Å². The van der Waals surface area contributed by atoms with E-state index in [4.69, 9.17) is 21.8 Å². The highest BCUT2D eigenvalue weighted by atomic mass is 35.5. The minimum atomic E-state index is -1.93. The Hall–Kier alpha value is -1.78. The topological polar surface area (TPSA) is 52.3 Å². The molecule has 2 aromatic rings. The average Bonchev–Trinajstić information content (AvgIpc) is 2.45. The van der Waals surface area contributed by atoms with E-state index in [-0.39, 0.29) is 5.04 Å². The van der Waals surface area contributed by atoms with Crippen molar-refractivity contribution in [1.82, 2.24) is 0 Å². The molecule has 0 fully saturated rings. The van der Waals surface area contributed by atoms with Gasteiger partial charge in [-0.25, -0.2) is 0 Å². The SMILES string of the molecule is CC(C)(C)[Si](C)(C)Oc1cccc(-c2ccc(Cl)cc2C(N)=O)c1. The van der Waals surface area contributed by atoms with Gasteiger partial charge in [-0.3, -0.25) is 4.79 Å². The second kappa shape index (κ2) is 6.61. The third-order valence-electron chi connectivity index (χ3n) is 4.57. The second-order valence-corrected chi connectivity index (χ2v) is 12.6. The van der Waals surface area contributed by atoms with Crippen LogP contribution in [0.4, 0.5) is 0 Å². The van der Waals surface area contributed by atoms with E-state index in [1.54, 1.807) is 12.1 Å². The average molecular weight is 362 g/mol. The Morgan fingerprint density at radius 3 is 2.38 bits per heavy atom. The molecule has 5 heteroatoms. The first-order valence-electron chi connectivity index (χ1n) is 7.90. The third kappa shape index (κ3) is 4.00. The number of hydrogen-bond acceptors (Lipinski definition) is 2. The Labute approximate surface area is 149 Å². The zero-order valence-electron chi connectivity index (χ0n) is 14.8. The highest BCUT2D eigenvalue weighted by molar-refractivity contribution is 6.74. The summed E-state index contributed by atoms with van der Waals surface area (Å²) in [5.74, 6) is 0.313. The van der Waals surface area contributed by atoms with Crippen LogP contribution in [0.2, 0.25) is 23.2 Å². The summed E-state index contributed by atoms with van der Waals surface area (Å²) >= 11 is 5.99. The molecular weight excluding hydrogens is 338 g/mol. The molecule has 1 amide bonds. The van der Waals surface area contributed by atoms with Crippen molar-refractivity contribution >= 4 is 25.8 Å². The molecule has 0 heterocycles. The lowest BCUT2D eigenvalue weighted by molar-refractivity contribution is 0.100. The number of hydrogen-bond donors (Lipinski definition) is 1. The van der Waals surface area contributed by atoms with Gasteiger partial charge in [0, 0.05) is 10.6 Å². The number of carbonyl (C=O) groups excluding carboxylic acids is 1. The fourth-order valence-corrected chi connectivity index (χ4v) is 3.34. The number of amides is 1. The van der Waals surface area contributed by atoms with Gasteiger partial charge in [0.15, 0.2) is 0 Å². The van der Waals surface area contributed by atoms with Gasteiger partial charge in [-0.15, -0.1) is 0 Å². The highest BCUT2D eigenvalue weighted by Crippen LogP contribution is 2.38. The molecule has 0 aliphatic heterocycles. The van der Waals surface area contributed by atoms with E-state index in [0.29, 0.717) is 10.6 Å². The molecule has 2 N–H and O–H groups in total. The van der Waals surface area contributed by atoms with Crippen molar-refractivity contribution < 1.29 is 9.22 Å². The lowest BCUT2D eigenvalue weighted by Gasteiger charge is -2.36. The molecule has 0 aromatic heterocycles. The van der Waals surface area contributed by atoms with Crippen LogP contribution in [0.1, 0.15) is 31.1 Å². The zero-order valence-corrected chi connectivity index (χ0v) is 16.6. The molecule has 0 atom stereocenters. The van der Waals surface area contributed by atoms with Gasteiger partial charge in [0.05, 0.1) is 0 Å². The van der Waals surface area contributed by atoms with E-state index in [2.05, 4.69) is 33.9 Å². The number of primary amides is 1. The normalized spacial score (nSPS) is 12.1. The Morgan fingerprint density at radius 1 is 1.12 bits per heavy atom. The van der Waals surface area contributed by atoms with Crippen molar-refractivity contribution in [3.63, 3.8) is 0 Å². The molecule has 0 bridgehead atoms. The monoisotopic (exact) mass is 361 g/mol. The first-order chi connectivity index (χ1) is 11.0. The fourth-order valence-electron chi connectivity index (χ4n) is 2.15. The maximum atomic E-state index is 11.7. The van der Waals surface area contributed by atoms with Crippen molar-refractivity contribution in [3.8, 4) is 16.9 Å². The van der Waals surface area contributed by atoms with Gasteiger partial charge in [0.25, 0.3) is 0 Å². The maximum Gasteiger partial charge on any atom is 0.250 e. The number of benzene rings is 2. The summed E-state index contributed by atoms with van der Waals surface area (Å²) in [6.45, 7) is 11.0. The molecule has 0 saturated heterocycles. The van der Waals surface area contributed by atoms with Crippen LogP contribution in [-0.4, -0.2) is 14.2 Å². The van der Waals surface area contributed by atoms with Crippen LogP contribution in [0.15, 0.2) is 42.5 Å².